The van der Waals surface area contributed by atoms with Gasteiger partial charge in [-0.3, -0.25) is 9.13 Å². The van der Waals surface area contributed by atoms with Gasteiger partial charge in [-0.15, -0.1) is 5.10 Å². The Balaban J connectivity index is 1.41. The molecule has 14 nitrogen and oxygen atoms in total. The van der Waals surface area contributed by atoms with Crippen LogP contribution in [0.2, 0.25) is 5.28 Å². The molecule has 194 valence electrons. The van der Waals surface area contributed by atoms with E-state index in [4.69, 9.17) is 30.6 Å². The lowest BCUT2D eigenvalue weighted by Gasteiger charge is -2.19. The van der Waals surface area contributed by atoms with Crippen molar-refractivity contribution in [1.29, 1.82) is 0 Å². The number of aliphatic hydroxyl groups excluding tert-OH is 2. The van der Waals surface area contributed by atoms with Crippen LogP contribution >= 0.6 is 26.8 Å². The number of aromatic nitrogens is 4. The number of nitrogens with zero attached hydrogens (tertiary/aromatic N) is 5. The van der Waals surface area contributed by atoms with E-state index >= 15 is 0 Å². The monoisotopic (exact) mass is 561 g/mol. The molecule has 17 heteroatoms. The Morgan fingerprint density at radius 2 is 1.92 bits per heavy atom. The lowest BCUT2D eigenvalue weighted by molar-refractivity contribution is -0.0204. The molecule has 2 aliphatic heterocycles. The summed E-state index contributed by atoms with van der Waals surface area (Å²) < 4.78 is 34.8. The molecule has 4 heterocycles. The average Bonchev–Trinajstić information content (AvgIpc) is 3.47. The number of aliphatic hydroxyl groups is 2. The van der Waals surface area contributed by atoms with Crippen LogP contribution in [0, 0.1) is 0 Å². The number of halogens is 1. The zero-order chi connectivity index (χ0) is 25.8. The van der Waals surface area contributed by atoms with Gasteiger partial charge < -0.3 is 39.1 Å². The summed E-state index contributed by atoms with van der Waals surface area (Å²) in [6.07, 6.45) is -3.31. The van der Waals surface area contributed by atoms with Gasteiger partial charge in [0, 0.05) is 12.2 Å². The zero-order valence-electron chi connectivity index (χ0n) is 18.4. The van der Waals surface area contributed by atoms with Crippen LogP contribution in [0.1, 0.15) is 17.4 Å². The molecule has 36 heavy (non-hydrogen) atoms. The zero-order valence-corrected chi connectivity index (χ0v) is 20.9. The first kappa shape index (κ1) is 25.7. The van der Waals surface area contributed by atoms with Crippen molar-refractivity contribution in [3.8, 4) is 0 Å². The molecule has 1 saturated heterocycles. The van der Waals surface area contributed by atoms with E-state index < -0.39 is 52.1 Å². The van der Waals surface area contributed by atoms with Crippen LogP contribution in [0.15, 0.2) is 30.5 Å². The minimum atomic E-state index is -4.83. The van der Waals surface area contributed by atoms with E-state index in [0.29, 0.717) is 18.0 Å². The number of ether oxygens (including phenoxy) is 1. The SMILES string of the molecule is O=P(O)(O)CP(=O)(O)OC[C@H]1O[C@@H](c2cnc3c(N4CCc5ccccc54)nc(Cl)nn23)[C@H](O)[C@@H]1O. The molecular formula is C19H22ClN5O9P2. The lowest BCUT2D eigenvalue weighted by Crippen LogP contribution is -2.33. The van der Waals surface area contributed by atoms with E-state index in [-0.39, 0.29) is 11.0 Å². The van der Waals surface area contributed by atoms with Crippen LogP contribution in [0.3, 0.4) is 0 Å². The maximum absolute atomic E-state index is 11.9. The first-order chi connectivity index (χ1) is 16.9. The predicted molar refractivity (Wildman–Crippen MR) is 125 cm³/mol. The van der Waals surface area contributed by atoms with Gasteiger partial charge in [-0.2, -0.15) is 4.98 Å². The van der Waals surface area contributed by atoms with E-state index in [2.05, 4.69) is 15.1 Å². The molecule has 5 N–H and O–H groups in total. The van der Waals surface area contributed by atoms with Gasteiger partial charge in [0.2, 0.25) is 5.28 Å². The highest BCUT2D eigenvalue weighted by Crippen LogP contribution is 2.55. The third kappa shape index (κ3) is 4.94. The summed E-state index contributed by atoms with van der Waals surface area (Å²) in [5.41, 5.74) is 2.65. The smallest absolute Gasteiger partial charge is 0.340 e. The molecule has 0 saturated carbocycles. The van der Waals surface area contributed by atoms with Crippen LogP contribution in [0.5, 0.6) is 0 Å². The summed E-state index contributed by atoms with van der Waals surface area (Å²) in [5, 5.41) is 25.2. The predicted octanol–water partition coefficient (Wildman–Crippen LogP) is 0.971. The minimum Gasteiger partial charge on any atom is -0.387 e. The van der Waals surface area contributed by atoms with Gasteiger partial charge in [-0.1, -0.05) is 18.2 Å². The molecule has 1 unspecified atom stereocenters. The quantitative estimate of drug-likeness (QED) is 0.256. The van der Waals surface area contributed by atoms with Crippen molar-refractivity contribution in [1.82, 2.24) is 19.6 Å². The molecule has 5 atom stereocenters. The summed E-state index contributed by atoms with van der Waals surface area (Å²) in [4.78, 5) is 38.2. The normalized spacial score (nSPS) is 25.9. The maximum atomic E-state index is 11.9. The number of hydrogen-bond acceptors (Lipinski definition) is 10. The third-order valence-electron chi connectivity index (χ3n) is 5.95. The minimum absolute atomic E-state index is 0.0901. The van der Waals surface area contributed by atoms with Crippen molar-refractivity contribution >= 4 is 43.9 Å². The Hall–Kier alpha value is -1.96. The molecule has 1 fully saturated rings. The van der Waals surface area contributed by atoms with Crippen LogP contribution in [-0.2, 0) is 24.8 Å². The molecule has 0 amide bonds. The van der Waals surface area contributed by atoms with Gasteiger partial charge in [-0.25, -0.2) is 9.50 Å². The van der Waals surface area contributed by atoms with E-state index in [1.165, 1.54) is 10.7 Å². The molecule has 0 aliphatic carbocycles. The second-order valence-electron chi connectivity index (χ2n) is 8.47. The highest BCUT2D eigenvalue weighted by Gasteiger charge is 2.46. The molecule has 2 aromatic heterocycles. The first-order valence-electron chi connectivity index (χ1n) is 10.7. The Kier molecular flexibility index (Phi) is 6.71. The standard InChI is InChI=1S/C19H22ClN5O9P2/c20-19-22-18(24-6-5-10-3-1-2-4-11(10)24)17-21-7-12(25(17)23-19)16-15(27)14(26)13(34-16)8-33-36(31,32)9-35(28,29)30/h1-4,7,13-16,26-27H,5-6,8-9H2,(H,31,32)(H2,28,29,30)/t13-,14-,15-,16+/m1/s1. The largest absolute Gasteiger partial charge is 0.387 e. The number of anilines is 2. The highest BCUT2D eigenvalue weighted by molar-refractivity contribution is 7.70. The number of para-hydroxylation sites is 1. The van der Waals surface area contributed by atoms with Crippen LogP contribution in [0.25, 0.3) is 5.65 Å². The number of hydrogen-bond donors (Lipinski definition) is 5. The summed E-state index contributed by atoms with van der Waals surface area (Å²) in [5.74, 6) is -0.947. The molecule has 0 spiro atoms. The molecule has 0 radical (unpaired) electrons. The fourth-order valence-electron chi connectivity index (χ4n) is 4.39. The Labute approximate surface area is 208 Å². The van der Waals surface area contributed by atoms with Gasteiger partial charge in [0.1, 0.15) is 24.4 Å². The van der Waals surface area contributed by atoms with Gasteiger partial charge in [-0.05, 0) is 29.7 Å². The fourth-order valence-corrected chi connectivity index (χ4v) is 7.11. The Morgan fingerprint density at radius 1 is 1.17 bits per heavy atom. The molecule has 2 aliphatic rings. The average molecular weight is 562 g/mol. The van der Waals surface area contributed by atoms with E-state index in [1.54, 1.807) is 0 Å². The van der Waals surface area contributed by atoms with Crippen molar-refractivity contribution in [3.63, 3.8) is 0 Å². The summed E-state index contributed by atoms with van der Waals surface area (Å²) in [7, 11) is -9.51. The van der Waals surface area contributed by atoms with Crippen molar-refractivity contribution < 1.29 is 43.3 Å². The topological polar surface area (TPSA) is 200 Å². The van der Waals surface area contributed by atoms with Crippen LogP contribution < -0.4 is 4.90 Å². The molecule has 1 aromatic carbocycles. The Morgan fingerprint density at radius 3 is 2.67 bits per heavy atom. The molecule has 5 rings (SSSR count). The van der Waals surface area contributed by atoms with Crippen molar-refractivity contribution in [2.24, 2.45) is 0 Å². The fraction of sp³-hybridized carbons (Fsp3) is 0.421. The summed E-state index contributed by atoms with van der Waals surface area (Å²) >= 11 is 6.22. The summed E-state index contributed by atoms with van der Waals surface area (Å²) in [6, 6.07) is 7.83. The van der Waals surface area contributed by atoms with Crippen LogP contribution in [0.4, 0.5) is 11.5 Å². The van der Waals surface area contributed by atoms with Gasteiger partial charge in [0.25, 0.3) is 0 Å². The van der Waals surface area contributed by atoms with Gasteiger partial charge >= 0.3 is 15.2 Å². The lowest BCUT2D eigenvalue weighted by atomic mass is 10.1. The molecule has 3 aromatic rings. The van der Waals surface area contributed by atoms with Crippen LogP contribution in [-0.4, -0.2) is 81.8 Å². The van der Waals surface area contributed by atoms with E-state index in [1.807, 2.05) is 29.2 Å². The van der Waals surface area contributed by atoms with Crippen molar-refractivity contribution in [2.75, 3.05) is 24.0 Å². The van der Waals surface area contributed by atoms with E-state index in [9.17, 15) is 24.2 Å². The molecular weight excluding hydrogens is 540 g/mol. The second-order valence-corrected chi connectivity index (χ2v) is 12.8. The number of rotatable bonds is 7. The Bertz CT molecular complexity index is 1400. The highest BCUT2D eigenvalue weighted by atomic mass is 35.5. The number of benzene rings is 1. The summed E-state index contributed by atoms with van der Waals surface area (Å²) in [6.45, 7) is -0.0636. The maximum Gasteiger partial charge on any atom is 0.340 e. The van der Waals surface area contributed by atoms with Gasteiger partial charge in [0.05, 0.1) is 18.5 Å². The van der Waals surface area contributed by atoms with Crippen molar-refractivity contribution in [3.05, 3.63) is 47.0 Å². The second kappa shape index (κ2) is 9.41. The van der Waals surface area contributed by atoms with Gasteiger partial charge in [0.15, 0.2) is 17.4 Å². The number of fused-ring (bicyclic) bond motifs is 2. The molecule has 0 bridgehead atoms. The number of imidazole rings is 1. The third-order valence-corrected chi connectivity index (χ3v) is 9.56. The van der Waals surface area contributed by atoms with E-state index in [0.717, 1.165) is 17.7 Å². The van der Waals surface area contributed by atoms with Crippen molar-refractivity contribution in [2.45, 2.75) is 30.8 Å². The first-order valence-corrected chi connectivity index (χ1v) is 14.7.